The zero-order chi connectivity index (χ0) is 27.5. The minimum absolute atomic E-state index is 0.0973. The number of rotatable bonds is 7. The van der Waals surface area contributed by atoms with E-state index in [0.717, 1.165) is 41.5 Å². The van der Waals surface area contributed by atoms with Gasteiger partial charge in [-0.15, -0.1) is 0 Å². The highest BCUT2D eigenvalue weighted by Gasteiger charge is 2.33. The molecule has 4 rings (SSSR count). The SMILES string of the molecule is CN(C1CCCCc2c(OCC(=[OH+])OC(C)(C)C)cccc21)S(=O)(=O)c1ccc(-c2ccc(O)cc2)cc1. The number of hydrogen-bond donors (Lipinski definition) is 1. The van der Waals surface area contributed by atoms with Crippen LogP contribution in [0.5, 0.6) is 11.5 Å². The quantitative estimate of drug-likeness (QED) is 0.231. The molecule has 0 radical (unpaired) electrons. The Morgan fingerprint density at radius 3 is 2.26 bits per heavy atom. The van der Waals surface area contributed by atoms with Crippen LogP contribution in [-0.2, 0) is 21.2 Å². The fourth-order valence-corrected chi connectivity index (χ4v) is 6.17. The van der Waals surface area contributed by atoms with E-state index in [1.54, 1.807) is 55.6 Å². The molecule has 202 valence electrons. The molecular formula is C30H36NO6S+. The number of phenolic OH excluding ortho intramolecular Hbond substituents is 1. The highest BCUT2D eigenvalue weighted by atomic mass is 32.2. The van der Waals surface area contributed by atoms with E-state index in [1.807, 2.05) is 39.0 Å². The van der Waals surface area contributed by atoms with E-state index in [9.17, 15) is 18.3 Å². The van der Waals surface area contributed by atoms with Crippen molar-refractivity contribution in [3.63, 3.8) is 0 Å². The number of ether oxygens (including phenoxy) is 2. The molecule has 1 aliphatic carbocycles. The lowest BCUT2D eigenvalue weighted by molar-refractivity contribution is 0.0892. The second-order valence-corrected chi connectivity index (χ2v) is 12.6. The average molecular weight is 539 g/mol. The summed E-state index contributed by atoms with van der Waals surface area (Å²) in [6.45, 7) is 5.44. The summed E-state index contributed by atoms with van der Waals surface area (Å²) in [5.41, 5.74) is 3.10. The Labute approximate surface area is 225 Å². The van der Waals surface area contributed by atoms with Gasteiger partial charge in [-0.1, -0.05) is 42.8 Å². The third-order valence-electron chi connectivity index (χ3n) is 6.63. The first-order valence-corrected chi connectivity index (χ1v) is 14.3. The number of benzene rings is 3. The number of phenols is 1. The molecule has 0 aromatic heterocycles. The third kappa shape index (κ3) is 6.37. The van der Waals surface area contributed by atoms with Gasteiger partial charge in [-0.3, -0.25) is 0 Å². The molecule has 0 aliphatic heterocycles. The van der Waals surface area contributed by atoms with Crippen LogP contribution in [0.25, 0.3) is 11.1 Å². The molecule has 0 heterocycles. The molecule has 1 unspecified atom stereocenters. The number of aromatic hydroxyl groups is 1. The van der Waals surface area contributed by atoms with Crippen LogP contribution in [0.1, 0.15) is 57.2 Å². The van der Waals surface area contributed by atoms with E-state index < -0.39 is 15.6 Å². The molecule has 0 saturated heterocycles. The highest BCUT2D eigenvalue weighted by molar-refractivity contribution is 7.89. The first-order chi connectivity index (χ1) is 18.0. The van der Waals surface area contributed by atoms with Crippen molar-refractivity contribution in [2.75, 3.05) is 13.7 Å². The number of carbonyl (C=O) groups excluding carboxylic acids is 1. The first-order valence-electron chi connectivity index (χ1n) is 12.8. The van der Waals surface area contributed by atoms with Gasteiger partial charge in [-0.25, -0.2) is 8.42 Å². The van der Waals surface area contributed by atoms with E-state index in [2.05, 4.69) is 0 Å². The zero-order valence-electron chi connectivity index (χ0n) is 22.3. The fourth-order valence-electron chi connectivity index (χ4n) is 4.80. The molecule has 0 amide bonds. The second-order valence-electron chi connectivity index (χ2n) is 10.6. The number of fused-ring (bicyclic) bond motifs is 1. The van der Waals surface area contributed by atoms with Crippen LogP contribution in [0, 0.1) is 0 Å². The van der Waals surface area contributed by atoms with Gasteiger partial charge in [-0.2, -0.15) is 4.31 Å². The summed E-state index contributed by atoms with van der Waals surface area (Å²) >= 11 is 0. The van der Waals surface area contributed by atoms with Crippen molar-refractivity contribution in [1.29, 1.82) is 0 Å². The largest absolute Gasteiger partial charge is 0.522 e. The fraction of sp³-hybridized carbons (Fsp3) is 0.367. The molecule has 3 aromatic carbocycles. The Bertz CT molecular complexity index is 1380. The smallest absolute Gasteiger partial charge is 0.508 e. The molecule has 1 atom stereocenters. The molecule has 2 N–H and O–H groups in total. The Morgan fingerprint density at radius 2 is 1.63 bits per heavy atom. The Morgan fingerprint density at radius 1 is 1.00 bits per heavy atom. The molecule has 0 spiro atoms. The second kappa shape index (κ2) is 11.2. The summed E-state index contributed by atoms with van der Waals surface area (Å²) < 4.78 is 40.2. The highest BCUT2D eigenvalue weighted by Crippen LogP contribution is 2.39. The summed E-state index contributed by atoms with van der Waals surface area (Å²) in [7, 11) is -2.14. The van der Waals surface area contributed by atoms with Crippen molar-refractivity contribution in [2.24, 2.45) is 0 Å². The van der Waals surface area contributed by atoms with Crippen LogP contribution >= 0.6 is 0 Å². The number of nitrogens with zero attached hydrogens (tertiary/aromatic N) is 1. The van der Waals surface area contributed by atoms with E-state index in [4.69, 9.17) is 9.47 Å². The number of hydrogen-bond acceptors (Lipinski definition) is 5. The lowest BCUT2D eigenvalue weighted by Crippen LogP contribution is -2.31. The first kappa shape index (κ1) is 27.7. The van der Waals surface area contributed by atoms with Crippen molar-refractivity contribution >= 4 is 16.0 Å². The van der Waals surface area contributed by atoms with Crippen LogP contribution < -0.4 is 4.74 Å². The number of esters is 1. The molecule has 38 heavy (non-hydrogen) atoms. The maximum Gasteiger partial charge on any atom is 0.522 e. The number of sulfonamides is 1. The van der Waals surface area contributed by atoms with E-state index in [-0.39, 0.29) is 29.3 Å². The van der Waals surface area contributed by atoms with Crippen LogP contribution in [0.15, 0.2) is 71.6 Å². The molecule has 8 heteroatoms. The van der Waals surface area contributed by atoms with Gasteiger partial charge in [-0.05, 0) is 71.8 Å². The predicted molar refractivity (Wildman–Crippen MR) is 149 cm³/mol. The molecule has 0 saturated carbocycles. The maximum absolute atomic E-state index is 13.7. The average Bonchev–Trinajstić information content (AvgIpc) is 3.09. The Kier molecular flexibility index (Phi) is 8.13. The summed E-state index contributed by atoms with van der Waals surface area (Å²) in [5, 5.41) is 9.53. The summed E-state index contributed by atoms with van der Waals surface area (Å²) in [5.74, 6) is 0.609. The van der Waals surface area contributed by atoms with Gasteiger partial charge in [0.1, 0.15) is 11.5 Å². The molecule has 0 bridgehead atoms. The van der Waals surface area contributed by atoms with Crippen LogP contribution in [-0.4, -0.2) is 47.8 Å². The van der Waals surface area contributed by atoms with E-state index in [0.29, 0.717) is 12.2 Å². The normalized spacial score (nSPS) is 16.0. The molecule has 3 aromatic rings. The molecule has 0 fully saturated rings. The zero-order valence-corrected chi connectivity index (χ0v) is 23.2. The topological polar surface area (TPSA) is 97.5 Å². The van der Waals surface area contributed by atoms with Gasteiger partial charge in [0.15, 0.2) is 5.60 Å². The van der Waals surface area contributed by atoms with Gasteiger partial charge in [0.2, 0.25) is 16.6 Å². The summed E-state index contributed by atoms with van der Waals surface area (Å²) in [4.78, 5) is 10.4. The van der Waals surface area contributed by atoms with Crippen LogP contribution in [0.4, 0.5) is 0 Å². The monoisotopic (exact) mass is 538 g/mol. The van der Waals surface area contributed by atoms with Crippen LogP contribution in [0.2, 0.25) is 0 Å². The minimum atomic E-state index is -3.77. The summed E-state index contributed by atoms with van der Waals surface area (Å²) in [6, 6.07) is 18.9. The Balaban J connectivity index is 1.57. The molecule has 1 aliphatic rings. The third-order valence-corrected chi connectivity index (χ3v) is 8.51. The molecule has 7 nitrogen and oxygen atoms in total. The lowest BCUT2D eigenvalue weighted by Gasteiger charge is -2.28. The predicted octanol–water partition coefficient (Wildman–Crippen LogP) is 5.84. The van der Waals surface area contributed by atoms with E-state index in [1.165, 1.54) is 4.31 Å². The summed E-state index contributed by atoms with van der Waals surface area (Å²) in [6.07, 6.45) is 3.25. The maximum atomic E-state index is 13.7. The van der Waals surface area contributed by atoms with Crippen molar-refractivity contribution in [3.8, 4) is 22.6 Å². The lowest BCUT2D eigenvalue weighted by atomic mass is 9.98. The van der Waals surface area contributed by atoms with Crippen LogP contribution in [0.3, 0.4) is 0 Å². The van der Waals surface area contributed by atoms with E-state index >= 15 is 0 Å². The van der Waals surface area contributed by atoms with Gasteiger partial charge >= 0.3 is 5.97 Å². The van der Waals surface area contributed by atoms with Crippen molar-refractivity contribution < 1.29 is 27.8 Å². The Hall–Kier alpha value is -3.36. The standard InChI is InChI=1S/C30H35NO6S/c1-30(2,3)37-29(33)20-36-28-11-7-9-25-26(28)8-5-6-10-27(25)31(4)38(34,35)24-18-14-22(15-19-24)21-12-16-23(32)17-13-21/h7,9,11-19,27,32H,5-6,8,10,20H2,1-4H3/p+1. The van der Waals surface area contributed by atoms with Gasteiger partial charge in [0.25, 0.3) is 0 Å². The van der Waals surface area contributed by atoms with Gasteiger partial charge < -0.3 is 19.4 Å². The van der Waals surface area contributed by atoms with Crippen molar-refractivity contribution in [2.45, 2.75) is 63.0 Å². The minimum Gasteiger partial charge on any atom is -0.508 e. The van der Waals surface area contributed by atoms with Crippen molar-refractivity contribution in [1.82, 2.24) is 4.31 Å². The van der Waals surface area contributed by atoms with Gasteiger partial charge in [0, 0.05) is 27.8 Å². The molecular weight excluding hydrogens is 502 g/mol. The van der Waals surface area contributed by atoms with Crippen molar-refractivity contribution in [3.05, 3.63) is 77.9 Å². The van der Waals surface area contributed by atoms with Gasteiger partial charge in [0.05, 0.1) is 10.9 Å².